The fourth-order valence-corrected chi connectivity index (χ4v) is 11.2. The summed E-state index contributed by atoms with van der Waals surface area (Å²) in [6.07, 6.45) is 0. The van der Waals surface area contributed by atoms with Crippen LogP contribution in [0.1, 0.15) is 123 Å². The predicted molar refractivity (Wildman–Crippen MR) is 249 cm³/mol. The number of hydrogen-bond acceptors (Lipinski definition) is 0. The van der Waals surface area contributed by atoms with Crippen LogP contribution in [0.25, 0.3) is 44.1 Å². The number of aryl methyl sites for hydroxylation is 2. The molecule has 11 rings (SSSR count). The third kappa shape index (κ3) is 4.86. The van der Waals surface area contributed by atoms with Crippen molar-refractivity contribution in [2.24, 2.45) is 0 Å². The third-order valence-electron chi connectivity index (χ3n) is 14.3. The molecule has 2 aromatic heterocycles. The van der Waals surface area contributed by atoms with Crippen molar-refractivity contribution in [1.82, 2.24) is 8.96 Å². The summed E-state index contributed by atoms with van der Waals surface area (Å²) in [6, 6.07) is 35.6. The van der Waals surface area contributed by atoms with Gasteiger partial charge in [-0.05, 0) is 81.2 Å². The van der Waals surface area contributed by atoms with E-state index in [4.69, 9.17) is 0 Å². The van der Waals surface area contributed by atoms with Crippen LogP contribution < -0.4 is 0 Å². The average Bonchev–Trinajstić information content (AvgIpc) is 3.90. The Morgan fingerprint density at radius 3 is 1.08 bits per heavy atom. The molecule has 4 aliphatic rings. The number of aromatic nitrogens is 2. The molecule has 0 bridgehead atoms. The number of benzene rings is 5. The van der Waals surface area contributed by atoms with Crippen LogP contribution in [-0.2, 0) is 10.8 Å². The Bertz CT molecular complexity index is 3100. The van der Waals surface area contributed by atoms with Crippen molar-refractivity contribution in [2.45, 2.75) is 80.1 Å². The summed E-state index contributed by atoms with van der Waals surface area (Å²) in [7, 11) is 0. The highest BCUT2D eigenvalue weighted by Gasteiger charge is 2.60. The second-order valence-electron chi connectivity index (χ2n) is 19.8. The van der Waals surface area contributed by atoms with E-state index in [1.54, 1.807) is 27.7 Å². The van der Waals surface area contributed by atoms with Gasteiger partial charge in [-0.15, -0.1) is 0 Å². The van der Waals surface area contributed by atoms with Crippen molar-refractivity contribution in [1.29, 1.82) is 0 Å². The monoisotopic (exact) mass is 826 g/mol. The van der Waals surface area contributed by atoms with Crippen LogP contribution in [0, 0.1) is 13.8 Å². The van der Waals surface area contributed by atoms with Gasteiger partial charge >= 0.3 is 13.9 Å². The molecule has 0 saturated carbocycles. The minimum absolute atomic E-state index is 0.115. The van der Waals surface area contributed by atoms with Crippen LogP contribution in [-0.4, -0.2) is 43.3 Å². The fourth-order valence-electron chi connectivity index (χ4n) is 11.2. The minimum Gasteiger partial charge on any atom is -0.392 e. The summed E-state index contributed by atoms with van der Waals surface area (Å²) >= 11 is 0. The van der Waals surface area contributed by atoms with E-state index in [1.165, 1.54) is 17.9 Å². The summed E-state index contributed by atoms with van der Waals surface area (Å²) in [4.78, 5) is 0. The molecule has 4 nitrogen and oxygen atoms in total. The lowest BCUT2D eigenvalue weighted by molar-refractivity contribution is -0.318. The van der Waals surface area contributed by atoms with Crippen LogP contribution in [0.3, 0.4) is 0 Å². The quantitative estimate of drug-likeness (QED) is 0.122. The first kappa shape index (κ1) is 38.7. The van der Waals surface area contributed by atoms with Gasteiger partial charge in [-0.3, -0.25) is 0 Å². The van der Waals surface area contributed by atoms with E-state index in [-0.39, 0.29) is 10.8 Å². The van der Waals surface area contributed by atoms with Crippen molar-refractivity contribution >= 4 is 69.4 Å². The van der Waals surface area contributed by atoms with E-state index in [9.17, 15) is 0 Å². The number of hydrogen-bond donors (Lipinski definition) is 0. The molecule has 0 spiro atoms. The van der Waals surface area contributed by atoms with Crippen molar-refractivity contribution < 1.29 is 26.2 Å². The van der Waals surface area contributed by atoms with Gasteiger partial charge in [-0.2, -0.15) is 0 Å². The highest BCUT2D eigenvalue weighted by molar-refractivity contribution is 6.61. The van der Waals surface area contributed by atoms with E-state index in [1.807, 2.05) is 84.9 Å². The molecule has 0 saturated heterocycles. The number of nitrogens with zero attached hydrogens (tertiary/aromatic N) is 4. The normalized spacial score (nSPS) is 17.5. The first-order valence-electron chi connectivity index (χ1n) is 21.6. The standard InChI is InChI=1S/C52H48B2F4N4/c1-29-37-15-11-13-17-39(37)47-45(33-19-23-35(24-20-33)51(5,6)7)49-43-28-42-32(4)62-50(44(42)27-41(43)31(3)61(49)53(55,56)59(29)47)46(34-21-25-36(26-22-34)52(8,9)10)48-40-18-14-12-16-38(40)30(2)60(48)54(62,57)58/h11-28H,1-10H3. The van der Waals surface area contributed by atoms with E-state index in [0.29, 0.717) is 79.0 Å². The lowest BCUT2D eigenvalue weighted by Gasteiger charge is -2.33. The molecule has 0 aliphatic carbocycles. The van der Waals surface area contributed by atoms with E-state index >= 15 is 17.3 Å². The Labute approximate surface area is 360 Å². The molecular formula is C52H48B2F4N4. The topological polar surface area (TPSA) is 15.9 Å². The minimum atomic E-state index is -4.39. The Hall–Kier alpha value is -6.15. The Morgan fingerprint density at radius 1 is 0.435 bits per heavy atom. The van der Waals surface area contributed by atoms with Crippen molar-refractivity contribution in [2.75, 3.05) is 0 Å². The van der Waals surface area contributed by atoms with Gasteiger partial charge in [-0.25, -0.2) is 0 Å². The van der Waals surface area contributed by atoms with Crippen molar-refractivity contribution in [3.05, 3.63) is 176 Å². The summed E-state index contributed by atoms with van der Waals surface area (Å²) < 4.78 is 76.3. The van der Waals surface area contributed by atoms with E-state index < -0.39 is 13.9 Å². The summed E-state index contributed by atoms with van der Waals surface area (Å²) in [5.41, 5.74) is 11.0. The highest BCUT2D eigenvalue weighted by atomic mass is 19.3. The summed E-state index contributed by atoms with van der Waals surface area (Å²) in [5.74, 6) is 0. The van der Waals surface area contributed by atoms with Gasteiger partial charge in [0.15, 0.2) is 11.4 Å². The van der Waals surface area contributed by atoms with Gasteiger partial charge < -0.3 is 35.2 Å². The van der Waals surface area contributed by atoms with Crippen LogP contribution >= 0.6 is 0 Å². The Kier molecular flexibility index (Phi) is 7.67. The smallest absolute Gasteiger partial charge is 0.392 e. The Balaban J connectivity index is 1.26. The average molecular weight is 827 g/mol. The molecule has 0 radical (unpaired) electrons. The van der Waals surface area contributed by atoms with Crippen LogP contribution in [0.2, 0.25) is 0 Å². The molecule has 0 atom stereocenters. The molecule has 0 unspecified atom stereocenters. The molecule has 6 heterocycles. The molecule has 310 valence electrons. The van der Waals surface area contributed by atoms with Crippen LogP contribution in [0.4, 0.5) is 17.3 Å². The zero-order chi connectivity index (χ0) is 43.7. The number of rotatable bonds is 2. The van der Waals surface area contributed by atoms with E-state index in [2.05, 4.69) is 65.8 Å². The van der Waals surface area contributed by atoms with Gasteiger partial charge in [0, 0.05) is 36.0 Å². The van der Waals surface area contributed by atoms with Gasteiger partial charge in [0.2, 0.25) is 0 Å². The lowest BCUT2D eigenvalue weighted by atomic mass is 9.81. The molecule has 0 N–H and O–H groups in total. The SMILES string of the molecule is CC1=[N+]2C(=C(c3ccc(C(C)(C)C)cc3)c3c4ccccc4c(C)n3[B-]2(F)F)c2cc3c(cc21)C1=C(c2ccc(C(C)(C)C)cc2)c2c4ccccc4c(C)n2[B-](F)(F)[N+]1=C3C. The maximum atomic E-state index is 17.8. The van der Waals surface area contributed by atoms with E-state index in [0.717, 1.165) is 43.8 Å². The zero-order valence-corrected chi connectivity index (χ0v) is 36.8. The number of fused-ring (bicyclic) bond motifs is 12. The summed E-state index contributed by atoms with van der Waals surface area (Å²) in [5, 5.41) is 3.04. The largest absolute Gasteiger partial charge is 0.737 e. The second kappa shape index (κ2) is 12.3. The molecule has 0 amide bonds. The van der Waals surface area contributed by atoms with Gasteiger partial charge in [0.05, 0.1) is 33.4 Å². The molecule has 10 heteroatoms. The third-order valence-corrected chi connectivity index (χ3v) is 14.3. The second-order valence-corrected chi connectivity index (χ2v) is 19.8. The maximum Gasteiger partial charge on any atom is 0.737 e. The lowest BCUT2D eigenvalue weighted by Crippen LogP contribution is -2.51. The van der Waals surface area contributed by atoms with Crippen LogP contribution in [0.15, 0.2) is 109 Å². The molecule has 4 aliphatic heterocycles. The summed E-state index contributed by atoms with van der Waals surface area (Å²) in [6.45, 7) is 11.2. The van der Waals surface area contributed by atoms with Crippen molar-refractivity contribution in [3.8, 4) is 0 Å². The Morgan fingerprint density at radius 2 is 0.758 bits per heavy atom. The van der Waals surface area contributed by atoms with Gasteiger partial charge in [-0.1, -0.05) is 139 Å². The molecule has 0 fully saturated rings. The zero-order valence-electron chi connectivity index (χ0n) is 36.8. The first-order valence-corrected chi connectivity index (χ1v) is 21.6. The fraction of sp³-hybridized carbons (Fsp3) is 0.231. The molecular weight excluding hydrogens is 778 g/mol. The molecule has 62 heavy (non-hydrogen) atoms. The van der Waals surface area contributed by atoms with Crippen molar-refractivity contribution in [3.63, 3.8) is 0 Å². The van der Waals surface area contributed by atoms with Gasteiger partial charge in [0.1, 0.15) is 11.4 Å². The van der Waals surface area contributed by atoms with Crippen LogP contribution in [0.5, 0.6) is 0 Å². The molecule has 7 aromatic rings. The first-order chi connectivity index (χ1) is 29.2. The molecule has 5 aromatic carbocycles. The van der Waals surface area contributed by atoms with Gasteiger partial charge in [0.25, 0.3) is 0 Å². The highest BCUT2D eigenvalue weighted by Crippen LogP contribution is 2.53. The number of halogens is 4. The maximum absolute atomic E-state index is 17.8. The predicted octanol–water partition coefficient (Wildman–Crippen LogP) is 12.8.